The quantitative estimate of drug-likeness (QED) is 0.687. The third-order valence-electron chi connectivity index (χ3n) is 5.05. The summed E-state index contributed by atoms with van der Waals surface area (Å²) < 4.78 is 0. The van der Waals surface area contributed by atoms with E-state index in [4.69, 9.17) is 11.6 Å². The van der Waals surface area contributed by atoms with Crippen LogP contribution in [-0.4, -0.2) is 18.3 Å². The van der Waals surface area contributed by atoms with Crippen molar-refractivity contribution in [3.8, 4) is 0 Å². The Labute approximate surface area is 136 Å². The fourth-order valence-electron chi connectivity index (χ4n) is 3.33. The highest BCUT2D eigenvalue weighted by atomic mass is 35.5. The molecule has 1 aliphatic carbocycles. The predicted molar refractivity (Wildman–Crippen MR) is 91.6 cm³/mol. The van der Waals surface area contributed by atoms with Crippen molar-refractivity contribution in [3.63, 3.8) is 0 Å². The second-order valence-electron chi connectivity index (χ2n) is 8.59. The molecule has 124 valence electrons. The molecule has 1 aliphatic rings. The summed E-state index contributed by atoms with van der Waals surface area (Å²) in [5.41, 5.74) is 0.526. The lowest BCUT2D eigenvalue weighted by molar-refractivity contribution is -0.127. The zero-order valence-corrected chi connectivity index (χ0v) is 15.4. The van der Waals surface area contributed by atoms with E-state index in [1.165, 1.54) is 12.8 Å². The number of nitrogens with one attached hydrogen (secondary N) is 1. The molecule has 0 spiro atoms. The Morgan fingerprint density at radius 2 is 1.67 bits per heavy atom. The third kappa shape index (κ3) is 6.59. The van der Waals surface area contributed by atoms with Crippen molar-refractivity contribution in [2.24, 2.45) is 22.7 Å². The van der Waals surface area contributed by atoms with E-state index < -0.39 is 0 Å². The zero-order valence-electron chi connectivity index (χ0n) is 14.6. The fraction of sp³-hybridized carbons (Fsp3) is 0.944. The fourth-order valence-corrected chi connectivity index (χ4v) is 3.46. The van der Waals surface area contributed by atoms with Crippen LogP contribution < -0.4 is 5.32 Å². The molecule has 0 heterocycles. The van der Waals surface area contributed by atoms with Gasteiger partial charge in [-0.3, -0.25) is 4.79 Å². The van der Waals surface area contributed by atoms with Crippen LogP contribution in [0, 0.1) is 22.7 Å². The topological polar surface area (TPSA) is 29.1 Å². The van der Waals surface area contributed by atoms with Gasteiger partial charge in [-0.1, -0.05) is 34.6 Å². The van der Waals surface area contributed by atoms with Crippen LogP contribution in [0.3, 0.4) is 0 Å². The van der Waals surface area contributed by atoms with Crippen molar-refractivity contribution in [3.05, 3.63) is 0 Å². The summed E-state index contributed by atoms with van der Waals surface area (Å²) in [5, 5.41) is 3.17. The molecule has 0 aromatic rings. The highest BCUT2D eigenvalue weighted by molar-refractivity contribution is 6.17. The number of rotatable bonds is 6. The van der Waals surface area contributed by atoms with Gasteiger partial charge in [0.05, 0.1) is 0 Å². The highest BCUT2D eigenvalue weighted by Crippen LogP contribution is 2.39. The first-order valence-corrected chi connectivity index (χ1v) is 9.03. The SMILES string of the molecule is CC(C)(CCCCl)CNC(=O)C1CCC(C(C)(C)C)CC1. The minimum atomic E-state index is 0.146. The Kier molecular flexibility index (Phi) is 7.03. The van der Waals surface area contributed by atoms with Crippen LogP contribution in [0.5, 0.6) is 0 Å². The van der Waals surface area contributed by atoms with Crippen LogP contribution in [-0.2, 0) is 4.79 Å². The van der Waals surface area contributed by atoms with Crippen molar-refractivity contribution in [1.29, 1.82) is 0 Å². The van der Waals surface area contributed by atoms with E-state index in [0.29, 0.717) is 11.3 Å². The molecule has 1 N–H and O–H groups in total. The van der Waals surface area contributed by atoms with Crippen molar-refractivity contribution < 1.29 is 4.79 Å². The summed E-state index contributed by atoms with van der Waals surface area (Å²) in [6.45, 7) is 12.1. The molecule has 3 heteroatoms. The Hall–Kier alpha value is -0.240. The number of hydrogen-bond donors (Lipinski definition) is 1. The summed E-state index contributed by atoms with van der Waals surface area (Å²) in [5.74, 6) is 1.96. The number of alkyl halides is 1. The Balaban J connectivity index is 2.34. The maximum Gasteiger partial charge on any atom is 0.223 e. The molecule has 21 heavy (non-hydrogen) atoms. The number of halogens is 1. The lowest BCUT2D eigenvalue weighted by Crippen LogP contribution is -2.39. The maximum absolute atomic E-state index is 12.3. The minimum Gasteiger partial charge on any atom is -0.355 e. The number of carbonyl (C=O) groups excluding carboxylic acids is 1. The Morgan fingerprint density at radius 1 is 1.10 bits per heavy atom. The molecule has 0 radical (unpaired) electrons. The van der Waals surface area contributed by atoms with Crippen LogP contribution in [0.2, 0.25) is 0 Å². The van der Waals surface area contributed by atoms with Gasteiger partial charge in [0, 0.05) is 18.3 Å². The second-order valence-corrected chi connectivity index (χ2v) is 8.97. The van der Waals surface area contributed by atoms with E-state index in [9.17, 15) is 4.79 Å². The smallest absolute Gasteiger partial charge is 0.223 e. The van der Waals surface area contributed by atoms with E-state index in [1.54, 1.807) is 0 Å². The van der Waals surface area contributed by atoms with Gasteiger partial charge in [0.15, 0.2) is 0 Å². The first kappa shape index (κ1) is 18.8. The van der Waals surface area contributed by atoms with Gasteiger partial charge >= 0.3 is 0 Å². The van der Waals surface area contributed by atoms with Gasteiger partial charge in [-0.15, -0.1) is 11.6 Å². The Morgan fingerprint density at radius 3 is 2.14 bits per heavy atom. The summed E-state index contributed by atoms with van der Waals surface area (Å²) in [4.78, 5) is 12.3. The first-order chi connectivity index (χ1) is 9.65. The molecule has 1 fully saturated rings. The largest absolute Gasteiger partial charge is 0.355 e. The van der Waals surface area contributed by atoms with E-state index >= 15 is 0 Å². The van der Waals surface area contributed by atoms with Crippen molar-refractivity contribution in [2.75, 3.05) is 12.4 Å². The number of hydrogen-bond acceptors (Lipinski definition) is 1. The van der Waals surface area contributed by atoms with Crippen molar-refractivity contribution in [1.82, 2.24) is 5.32 Å². The van der Waals surface area contributed by atoms with Gasteiger partial charge in [0.2, 0.25) is 5.91 Å². The summed E-state index contributed by atoms with van der Waals surface area (Å²) >= 11 is 5.76. The zero-order chi connectivity index (χ0) is 16.1. The van der Waals surface area contributed by atoms with Gasteiger partial charge in [0.1, 0.15) is 0 Å². The normalized spacial score (nSPS) is 23.9. The molecular weight excluding hydrogens is 282 g/mol. The van der Waals surface area contributed by atoms with E-state index in [1.807, 2.05) is 0 Å². The van der Waals surface area contributed by atoms with Crippen molar-refractivity contribution in [2.45, 2.75) is 73.1 Å². The molecule has 0 atom stereocenters. The van der Waals surface area contributed by atoms with Crippen LogP contribution >= 0.6 is 11.6 Å². The van der Waals surface area contributed by atoms with Gasteiger partial charge in [-0.05, 0) is 55.3 Å². The van der Waals surface area contributed by atoms with Gasteiger partial charge in [-0.2, -0.15) is 0 Å². The van der Waals surface area contributed by atoms with Gasteiger partial charge in [-0.25, -0.2) is 0 Å². The van der Waals surface area contributed by atoms with E-state index in [2.05, 4.69) is 39.9 Å². The number of amides is 1. The van der Waals surface area contributed by atoms with Gasteiger partial charge in [0.25, 0.3) is 0 Å². The molecule has 1 saturated carbocycles. The monoisotopic (exact) mass is 315 g/mol. The second kappa shape index (κ2) is 7.85. The Bertz CT molecular complexity index is 325. The summed E-state index contributed by atoms with van der Waals surface area (Å²) in [6, 6.07) is 0. The molecule has 0 aromatic carbocycles. The summed E-state index contributed by atoms with van der Waals surface area (Å²) in [7, 11) is 0. The summed E-state index contributed by atoms with van der Waals surface area (Å²) in [6.07, 6.45) is 6.56. The van der Waals surface area contributed by atoms with Crippen LogP contribution in [0.4, 0.5) is 0 Å². The maximum atomic E-state index is 12.3. The van der Waals surface area contributed by atoms with E-state index in [0.717, 1.165) is 38.1 Å². The van der Waals surface area contributed by atoms with Crippen LogP contribution in [0.15, 0.2) is 0 Å². The molecule has 0 bridgehead atoms. The first-order valence-electron chi connectivity index (χ1n) is 8.49. The highest BCUT2D eigenvalue weighted by Gasteiger charge is 2.32. The number of carbonyl (C=O) groups is 1. The predicted octanol–water partition coefficient (Wildman–Crippen LogP) is 5.00. The molecule has 0 aliphatic heterocycles. The third-order valence-corrected chi connectivity index (χ3v) is 5.32. The lowest BCUT2D eigenvalue weighted by Gasteiger charge is -2.36. The van der Waals surface area contributed by atoms with E-state index in [-0.39, 0.29) is 17.2 Å². The molecule has 0 aromatic heterocycles. The minimum absolute atomic E-state index is 0.146. The van der Waals surface area contributed by atoms with Crippen molar-refractivity contribution >= 4 is 17.5 Å². The standard InChI is InChI=1S/C18H34ClNO/c1-17(2,3)15-9-7-14(8-10-15)16(21)20-13-18(4,5)11-6-12-19/h14-15H,6-13H2,1-5H3,(H,20,21). The molecule has 0 unspecified atom stereocenters. The molecular formula is C18H34ClNO. The average Bonchev–Trinajstić information content (AvgIpc) is 2.42. The van der Waals surface area contributed by atoms with Crippen LogP contribution in [0.1, 0.15) is 73.1 Å². The lowest BCUT2D eigenvalue weighted by atomic mass is 9.69. The molecule has 1 amide bonds. The molecule has 2 nitrogen and oxygen atoms in total. The van der Waals surface area contributed by atoms with Crippen LogP contribution in [0.25, 0.3) is 0 Å². The molecule has 0 saturated heterocycles. The van der Waals surface area contributed by atoms with Gasteiger partial charge < -0.3 is 5.32 Å². The average molecular weight is 316 g/mol. The molecule has 1 rings (SSSR count).